The van der Waals surface area contributed by atoms with Crippen molar-refractivity contribution in [1.82, 2.24) is 4.72 Å². The normalized spacial score (nSPS) is 31.9. The number of rotatable bonds is 0. The SMILES string of the molecule is CC(C)(C)[C@@H]1NS(=O)(=O)C[C@@H]1C(C)(C)C. The van der Waals surface area contributed by atoms with Crippen molar-refractivity contribution in [3.05, 3.63) is 0 Å². The van der Waals surface area contributed by atoms with E-state index >= 15 is 0 Å². The lowest BCUT2D eigenvalue weighted by Gasteiger charge is -2.37. The second-order valence-electron chi connectivity index (χ2n) is 6.72. The molecule has 0 aromatic heterocycles. The second-order valence-corrected chi connectivity index (χ2v) is 8.51. The first kappa shape index (κ1) is 13.0. The zero-order valence-electron chi connectivity index (χ0n) is 10.6. The number of hydrogen-bond donors (Lipinski definition) is 1. The third kappa shape index (κ3) is 2.94. The Morgan fingerprint density at radius 2 is 1.47 bits per heavy atom. The Balaban J connectivity index is 3.06. The molecule has 1 heterocycles. The topological polar surface area (TPSA) is 46.2 Å². The summed E-state index contributed by atoms with van der Waals surface area (Å²) in [6.07, 6.45) is 0. The third-order valence-electron chi connectivity index (χ3n) is 3.15. The molecule has 1 rings (SSSR count). The average molecular weight is 233 g/mol. The van der Waals surface area contributed by atoms with Crippen molar-refractivity contribution in [3.8, 4) is 0 Å². The number of hydrogen-bond acceptors (Lipinski definition) is 2. The van der Waals surface area contributed by atoms with Gasteiger partial charge in [0.15, 0.2) is 0 Å². The van der Waals surface area contributed by atoms with Gasteiger partial charge in [-0.05, 0) is 16.7 Å². The second kappa shape index (κ2) is 3.45. The van der Waals surface area contributed by atoms with E-state index in [1.54, 1.807) is 0 Å². The highest BCUT2D eigenvalue weighted by Gasteiger charge is 2.47. The van der Waals surface area contributed by atoms with Gasteiger partial charge >= 0.3 is 0 Å². The minimum atomic E-state index is -3.06. The third-order valence-corrected chi connectivity index (χ3v) is 4.56. The molecular formula is C11H23NO2S. The van der Waals surface area contributed by atoms with E-state index in [-0.39, 0.29) is 28.5 Å². The summed E-state index contributed by atoms with van der Waals surface area (Å²) < 4.78 is 26.1. The summed E-state index contributed by atoms with van der Waals surface area (Å²) in [7, 11) is -3.06. The molecule has 90 valence electrons. The Bertz CT molecular complexity index is 305. The van der Waals surface area contributed by atoms with Gasteiger partial charge in [0.2, 0.25) is 10.0 Å². The van der Waals surface area contributed by atoms with Gasteiger partial charge in [0.25, 0.3) is 0 Å². The van der Waals surface area contributed by atoms with E-state index in [0.29, 0.717) is 0 Å². The Morgan fingerprint density at radius 1 is 1.00 bits per heavy atom. The summed E-state index contributed by atoms with van der Waals surface area (Å²) in [5.74, 6) is 0.445. The number of nitrogens with one attached hydrogen (secondary N) is 1. The van der Waals surface area contributed by atoms with Gasteiger partial charge in [-0.1, -0.05) is 41.5 Å². The first-order chi connectivity index (χ1) is 6.43. The van der Waals surface area contributed by atoms with Gasteiger partial charge in [-0.25, -0.2) is 13.1 Å². The molecule has 0 saturated carbocycles. The fourth-order valence-corrected chi connectivity index (χ4v) is 4.35. The molecule has 0 bridgehead atoms. The van der Waals surface area contributed by atoms with Crippen LogP contribution in [0.2, 0.25) is 0 Å². The van der Waals surface area contributed by atoms with Gasteiger partial charge in [-0.15, -0.1) is 0 Å². The first-order valence-electron chi connectivity index (χ1n) is 5.43. The summed E-state index contributed by atoms with van der Waals surface area (Å²) in [6, 6.07) is 0.0440. The molecule has 3 nitrogen and oxygen atoms in total. The Kier molecular flexibility index (Phi) is 2.99. The van der Waals surface area contributed by atoms with Crippen LogP contribution in [-0.2, 0) is 10.0 Å². The highest BCUT2D eigenvalue weighted by atomic mass is 32.2. The molecule has 1 aliphatic rings. The minimum Gasteiger partial charge on any atom is -0.212 e. The van der Waals surface area contributed by atoms with E-state index in [0.717, 1.165) is 0 Å². The van der Waals surface area contributed by atoms with Crippen LogP contribution in [0.4, 0.5) is 0 Å². The van der Waals surface area contributed by atoms with E-state index in [1.165, 1.54) is 0 Å². The fourth-order valence-electron chi connectivity index (χ4n) is 2.19. The summed E-state index contributed by atoms with van der Waals surface area (Å²) in [5, 5.41) is 0. The molecule has 1 N–H and O–H groups in total. The molecule has 0 aromatic carbocycles. The van der Waals surface area contributed by atoms with Crippen molar-refractivity contribution in [1.29, 1.82) is 0 Å². The zero-order chi connectivity index (χ0) is 12.1. The summed E-state index contributed by atoms with van der Waals surface area (Å²) in [5.41, 5.74) is -0.00394. The van der Waals surface area contributed by atoms with E-state index in [9.17, 15) is 8.42 Å². The monoisotopic (exact) mass is 233 g/mol. The molecule has 0 unspecified atom stereocenters. The molecule has 0 spiro atoms. The van der Waals surface area contributed by atoms with Crippen LogP contribution in [0.25, 0.3) is 0 Å². The van der Waals surface area contributed by atoms with Crippen LogP contribution in [0.1, 0.15) is 41.5 Å². The van der Waals surface area contributed by atoms with Gasteiger partial charge in [0.05, 0.1) is 5.75 Å². The van der Waals surface area contributed by atoms with E-state index in [1.807, 2.05) is 0 Å². The quantitative estimate of drug-likeness (QED) is 0.695. The molecule has 2 atom stereocenters. The molecule has 0 amide bonds. The Labute approximate surface area is 93.7 Å². The van der Waals surface area contributed by atoms with Gasteiger partial charge < -0.3 is 0 Å². The van der Waals surface area contributed by atoms with Gasteiger partial charge in [0, 0.05) is 6.04 Å². The maximum atomic E-state index is 11.6. The lowest BCUT2D eigenvalue weighted by Crippen LogP contribution is -2.44. The zero-order valence-corrected chi connectivity index (χ0v) is 11.4. The molecule has 0 aromatic rings. The Hall–Kier alpha value is -0.0900. The van der Waals surface area contributed by atoms with Crippen LogP contribution >= 0.6 is 0 Å². The molecule has 0 radical (unpaired) electrons. The lowest BCUT2D eigenvalue weighted by molar-refractivity contribution is 0.150. The van der Waals surface area contributed by atoms with E-state index < -0.39 is 10.0 Å². The molecule has 1 aliphatic heterocycles. The van der Waals surface area contributed by atoms with E-state index in [2.05, 4.69) is 46.3 Å². The summed E-state index contributed by atoms with van der Waals surface area (Å²) in [6.45, 7) is 12.6. The highest BCUT2D eigenvalue weighted by molar-refractivity contribution is 7.89. The summed E-state index contributed by atoms with van der Waals surface area (Å²) >= 11 is 0. The maximum absolute atomic E-state index is 11.6. The van der Waals surface area contributed by atoms with Crippen LogP contribution < -0.4 is 4.72 Å². The van der Waals surface area contributed by atoms with Crippen molar-refractivity contribution < 1.29 is 8.42 Å². The van der Waals surface area contributed by atoms with Crippen molar-refractivity contribution in [3.63, 3.8) is 0 Å². The maximum Gasteiger partial charge on any atom is 0.212 e. The predicted octanol–water partition coefficient (Wildman–Crippen LogP) is 2.00. The number of sulfonamides is 1. The molecule has 1 fully saturated rings. The molecule has 4 heteroatoms. The lowest BCUT2D eigenvalue weighted by atomic mass is 9.70. The molecule has 1 saturated heterocycles. The molecular weight excluding hydrogens is 210 g/mol. The predicted molar refractivity (Wildman–Crippen MR) is 63.1 cm³/mol. The molecule has 0 aliphatic carbocycles. The first-order valence-corrected chi connectivity index (χ1v) is 7.09. The van der Waals surface area contributed by atoms with Crippen molar-refractivity contribution in [2.45, 2.75) is 47.6 Å². The van der Waals surface area contributed by atoms with Crippen molar-refractivity contribution >= 4 is 10.0 Å². The molecule has 15 heavy (non-hydrogen) atoms. The van der Waals surface area contributed by atoms with Crippen LogP contribution in [-0.4, -0.2) is 20.2 Å². The van der Waals surface area contributed by atoms with E-state index in [4.69, 9.17) is 0 Å². The Morgan fingerprint density at radius 3 is 1.73 bits per heavy atom. The fraction of sp³-hybridized carbons (Fsp3) is 1.00. The highest BCUT2D eigenvalue weighted by Crippen LogP contribution is 2.40. The largest absolute Gasteiger partial charge is 0.212 e. The van der Waals surface area contributed by atoms with Crippen LogP contribution in [0.5, 0.6) is 0 Å². The standard InChI is InChI=1S/C11H23NO2S/c1-10(2,3)8-7-15(13,14)12-9(8)11(4,5)6/h8-9,12H,7H2,1-6H3/t8-,9+/m0/s1. The minimum absolute atomic E-state index is 0.0223. The smallest absolute Gasteiger partial charge is 0.212 e. The average Bonchev–Trinajstić information content (AvgIpc) is 2.23. The van der Waals surface area contributed by atoms with Gasteiger partial charge in [-0.3, -0.25) is 0 Å². The van der Waals surface area contributed by atoms with Crippen molar-refractivity contribution in [2.24, 2.45) is 16.7 Å². The van der Waals surface area contributed by atoms with Gasteiger partial charge in [0.1, 0.15) is 0 Å². The summed E-state index contributed by atoms with van der Waals surface area (Å²) in [4.78, 5) is 0. The van der Waals surface area contributed by atoms with Crippen LogP contribution in [0.15, 0.2) is 0 Å². The van der Waals surface area contributed by atoms with Crippen molar-refractivity contribution in [2.75, 3.05) is 5.75 Å². The van der Waals surface area contributed by atoms with Crippen LogP contribution in [0.3, 0.4) is 0 Å². The van der Waals surface area contributed by atoms with Gasteiger partial charge in [-0.2, -0.15) is 0 Å². The van der Waals surface area contributed by atoms with Crippen LogP contribution in [0, 0.1) is 16.7 Å².